The number of aromatic nitrogens is 6. The number of halogens is 2. The molecule has 0 amide bonds. The van der Waals surface area contributed by atoms with E-state index in [1.54, 1.807) is 43.3 Å². The van der Waals surface area contributed by atoms with Gasteiger partial charge in [-0.3, -0.25) is 4.40 Å². The number of furan rings is 1. The average molecular weight is 485 g/mol. The molecule has 0 aliphatic carbocycles. The van der Waals surface area contributed by atoms with Crippen molar-refractivity contribution < 1.29 is 13.2 Å². The first-order chi connectivity index (χ1) is 16.5. The van der Waals surface area contributed by atoms with E-state index in [2.05, 4.69) is 37.2 Å². The number of nitrogens with one attached hydrogen (secondary N) is 2. The fourth-order valence-corrected chi connectivity index (χ4v) is 3.90. The number of nitrogens with zero attached hydrogens (tertiary/aromatic N) is 6. The molecule has 0 bridgehead atoms. The SMILES string of the molecule is CNc1cn2nc(C(F)(F)c3nnc4ccc(-c5ccc(CNCCSC)o5)cn34)ccc2n1. The normalized spacial score (nSPS) is 12.1. The Morgan fingerprint density at radius 3 is 2.74 bits per heavy atom. The van der Waals surface area contributed by atoms with Crippen LogP contribution in [0.25, 0.3) is 22.6 Å². The van der Waals surface area contributed by atoms with Crippen LogP contribution in [0.15, 0.2) is 53.2 Å². The maximum absolute atomic E-state index is 15.5. The minimum Gasteiger partial charge on any atom is -0.460 e. The van der Waals surface area contributed by atoms with Gasteiger partial charge in [-0.25, -0.2) is 9.50 Å². The highest BCUT2D eigenvalue weighted by molar-refractivity contribution is 7.98. The fraction of sp³-hybridized carbons (Fsp3) is 0.273. The number of alkyl halides is 2. The van der Waals surface area contributed by atoms with Crippen LogP contribution in [0.4, 0.5) is 14.6 Å². The van der Waals surface area contributed by atoms with Crippen LogP contribution >= 0.6 is 11.8 Å². The molecule has 0 unspecified atom stereocenters. The smallest absolute Gasteiger partial charge is 0.350 e. The van der Waals surface area contributed by atoms with E-state index in [-0.39, 0.29) is 0 Å². The highest BCUT2D eigenvalue weighted by Gasteiger charge is 2.41. The molecule has 5 heterocycles. The first-order valence-electron chi connectivity index (χ1n) is 10.6. The van der Waals surface area contributed by atoms with Gasteiger partial charge in [-0.2, -0.15) is 25.6 Å². The van der Waals surface area contributed by atoms with Crippen molar-refractivity contribution in [1.29, 1.82) is 0 Å². The summed E-state index contributed by atoms with van der Waals surface area (Å²) in [6.45, 7) is 1.47. The number of pyridine rings is 1. The van der Waals surface area contributed by atoms with Crippen LogP contribution in [0.3, 0.4) is 0 Å². The third-order valence-electron chi connectivity index (χ3n) is 5.31. The molecule has 0 aliphatic heterocycles. The fourth-order valence-electron chi connectivity index (χ4n) is 3.55. The van der Waals surface area contributed by atoms with Crippen LogP contribution in [0.5, 0.6) is 0 Å². The van der Waals surface area contributed by atoms with Crippen LogP contribution in [-0.2, 0) is 12.5 Å². The molecule has 0 radical (unpaired) electrons. The second-order valence-corrected chi connectivity index (χ2v) is 8.56. The molecule has 5 rings (SSSR count). The summed E-state index contributed by atoms with van der Waals surface area (Å²) in [5.41, 5.74) is 0.923. The summed E-state index contributed by atoms with van der Waals surface area (Å²) in [6.07, 6.45) is 5.15. The predicted molar refractivity (Wildman–Crippen MR) is 126 cm³/mol. The van der Waals surface area contributed by atoms with Gasteiger partial charge in [0, 0.05) is 31.1 Å². The molecule has 2 N–H and O–H groups in total. The first kappa shape index (κ1) is 22.3. The van der Waals surface area contributed by atoms with Gasteiger partial charge in [-0.15, -0.1) is 10.2 Å². The summed E-state index contributed by atoms with van der Waals surface area (Å²) < 4.78 is 39.6. The van der Waals surface area contributed by atoms with E-state index in [0.29, 0.717) is 35.0 Å². The topological polar surface area (TPSA) is 97.6 Å². The molecular formula is C22H22F2N8OS. The summed E-state index contributed by atoms with van der Waals surface area (Å²) in [5.74, 6) is -1.15. The molecule has 12 heteroatoms. The lowest BCUT2D eigenvalue weighted by Gasteiger charge is -2.14. The molecule has 34 heavy (non-hydrogen) atoms. The van der Waals surface area contributed by atoms with E-state index in [9.17, 15) is 0 Å². The van der Waals surface area contributed by atoms with Gasteiger partial charge in [0.1, 0.15) is 23.0 Å². The lowest BCUT2D eigenvalue weighted by Crippen LogP contribution is -2.22. The predicted octanol–water partition coefficient (Wildman–Crippen LogP) is 3.67. The standard InChI is InChI=1S/C22H22F2N8OS/c1-25-18-13-32-19(27-18)8-6-17(30-32)22(23,24)21-29-28-20-7-3-14(12-31(20)21)16-5-4-15(33-16)11-26-9-10-34-2/h3-8,12-13,25-26H,9-11H2,1-2H3. The van der Waals surface area contributed by atoms with E-state index < -0.39 is 17.4 Å². The summed E-state index contributed by atoms with van der Waals surface area (Å²) in [6, 6.07) is 9.83. The van der Waals surface area contributed by atoms with Crippen molar-refractivity contribution in [2.75, 3.05) is 30.9 Å². The van der Waals surface area contributed by atoms with Gasteiger partial charge in [0.15, 0.2) is 11.3 Å². The molecule has 0 fully saturated rings. The lowest BCUT2D eigenvalue weighted by atomic mass is 10.2. The van der Waals surface area contributed by atoms with Gasteiger partial charge in [0.2, 0.25) is 5.82 Å². The zero-order valence-corrected chi connectivity index (χ0v) is 19.3. The summed E-state index contributed by atoms with van der Waals surface area (Å²) in [4.78, 5) is 4.24. The molecule has 0 aliphatic rings. The third kappa shape index (κ3) is 4.10. The van der Waals surface area contributed by atoms with Crippen LogP contribution in [-0.4, -0.2) is 54.8 Å². The van der Waals surface area contributed by atoms with E-state index >= 15 is 8.78 Å². The molecule has 9 nitrogen and oxygen atoms in total. The second-order valence-electron chi connectivity index (χ2n) is 7.58. The van der Waals surface area contributed by atoms with Crippen LogP contribution in [0.2, 0.25) is 0 Å². The molecule has 5 aromatic heterocycles. The number of hydrogen-bond donors (Lipinski definition) is 2. The van der Waals surface area contributed by atoms with Crippen LogP contribution < -0.4 is 10.6 Å². The van der Waals surface area contributed by atoms with Gasteiger partial charge in [0.25, 0.3) is 0 Å². The van der Waals surface area contributed by atoms with Gasteiger partial charge in [-0.05, 0) is 42.7 Å². The highest BCUT2D eigenvalue weighted by Crippen LogP contribution is 2.34. The van der Waals surface area contributed by atoms with Gasteiger partial charge in [-0.1, -0.05) is 0 Å². The maximum Gasteiger partial charge on any atom is 0.350 e. The molecule has 0 spiro atoms. The van der Waals surface area contributed by atoms with Crippen molar-refractivity contribution in [3.8, 4) is 11.3 Å². The van der Waals surface area contributed by atoms with Gasteiger partial charge in [0.05, 0.1) is 12.7 Å². The molecule has 0 saturated carbocycles. The molecule has 0 aromatic carbocycles. The zero-order valence-electron chi connectivity index (χ0n) is 18.5. The Morgan fingerprint density at radius 1 is 1.06 bits per heavy atom. The molecule has 0 saturated heterocycles. The highest BCUT2D eigenvalue weighted by atomic mass is 32.2. The van der Waals surface area contributed by atoms with Crippen LogP contribution in [0, 0.1) is 0 Å². The van der Waals surface area contributed by atoms with Crippen molar-refractivity contribution >= 4 is 28.9 Å². The minimum absolute atomic E-state index is 0.296. The summed E-state index contributed by atoms with van der Waals surface area (Å²) in [7, 11) is 1.70. The Labute approximate surface area is 197 Å². The van der Waals surface area contributed by atoms with Crippen molar-refractivity contribution in [3.63, 3.8) is 0 Å². The Balaban J connectivity index is 1.46. The third-order valence-corrected chi connectivity index (χ3v) is 5.92. The van der Waals surface area contributed by atoms with Crippen molar-refractivity contribution in [2.24, 2.45) is 0 Å². The number of thioether (sulfide) groups is 1. The van der Waals surface area contributed by atoms with Crippen molar-refractivity contribution in [2.45, 2.75) is 12.5 Å². The van der Waals surface area contributed by atoms with Gasteiger partial charge >= 0.3 is 5.92 Å². The Bertz CT molecular complexity index is 1440. The Kier molecular flexibility index (Phi) is 5.92. The maximum atomic E-state index is 15.5. The first-order valence-corrected chi connectivity index (χ1v) is 12.0. The molecule has 0 atom stereocenters. The molecular weight excluding hydrogens is 462 g/mol. The van der Waals surface area contributed by atoms with Gasteiger partial charge < -0.3 is 15.1 Å². The summed E-state index contributed by atoms with van der Waals surface area (Å²) in [5, 5.41) is 17.9. The molecule has 5 aromatic rings. The number of hydrogen-bond acceptors (Lipinski definition) is 8. The number of rotatable bonds is 9. The minimum atomic E-state index is -3.49. The van der Waals surface area contributed by atoms with E-state index in [1.807, 2.05) is 12.1 Å². The number of anilines is 1. The quantitative estimate of drug-likeness (QED) is 0.306. The number of imidazole rings is 1. The Hall–Kier alpha value is -3.51. The monoisotopic (exact) mass is 484 g/mol. The summed E-state index contributed by atoms with van der Waals surface area (Å²) >= 11 is 1.76. The second kappa shape index (κ2) is 9.03. The zero-order chi connectivity index (χ0) is 23.7. The largest absolute Gasteiger partial charge is 0.460 e. The average Bonchev–Trinajstić information content (AvgIpc) is 3.58. The van der Waals surface area contributed by atoms with Crippen molar-refractivity contribution in [3.05, 3.63) is 66.1 Å². The van der Waals surface area contributed by atoms with E-state index in [4.69, 9.17) is 4.42 Å². The Morgan fingerprint density at radius 2 is 1.91 bits per heavy atom. The molecule has 176 valence electrons. The van der Waals surface area contributed by atoms with E-state index in [0.717, 1.165) is 18.1 Å². The number of fused-ring (bicyclic) bond motifs is 2. The lowest BCUT2D eigenvalue weighted by molar-refractivity contribution is 0.0258. The van der Waals surface area contributed by atoms with Crippen molar-refractivity contribution in [1.82, 2.24) is 34.5 Å². The van der Waals surface area contributed by atoms with E-state index in [1.165, 1.54) is 21.0 Å². The van der Waals surface area contributed by atoms with Crippen LogP contribution in [0.1, 0.15) is 17.3 Å².